The monoisotopic (exact) mass is 182 g/mol. The van der Waals surface area contributed by atoms with Crippen molar-refractivity contribution < 1.29 is 0 Å². The Morgan fingerprint density at radius 2 is 2.38 bits per heavy atom. The molecule has 4 nitrogen and oxygen atoms in total. The molecule has 0 aromatic heterocycles. The number of nitrogens with zero attached hydrogens (tertiary/aromatic N) is 3. The fraction of sp³-hybridized carbons (Fsp3) is 1.00. The van der Waals surface area contributed by atoms with Crippen LogP contribution in [0.15, 0.2) is 5.11 Å². The van der Waals surface area contributed by atoms with Crippen LogP contribution in [0.2, 0.25) is 0 Å². The van der Waals surface area contributed by atoms with Gasteiger partial charge in [-0.2, -0.15) is 0 Å². The number of rotatable bonds is 3. The van der Waals surface area contributed by atoms with E-state index >= 15 is 0 Å². The maximum Gasteiger partial charge on any atom is 0.0329 e. The van der Waals surface area contributed by atoms with Crippen molar-refractivity contribution in [3.8, 4) is 0 Å². The van der Waals surface area contributed by atoms with Crippen LogP contribution >= 0.6 is 0 Å². The van der Waals surface area contributed by atoms with Crippen LogP contribution in [-0.4, -0.2) is 19.6 Å². The predicted molar refractivity (Wildman–Crippen MR) is 53.4 cm³/mol. The van der Waals surface area contributed by atoms with Gasteiger partial charge in [-0.1, -0.05) is 19.0 Å². The molecule has 1 fully saturated rings. The Kier molecular flexibility index (Phi) is 3.58. The first-order valence-electron chi connectivity index (χ1n) is 4.93. The van der Waals surface area contributed by atoms with Crippen molar-refractivity contribution in [2.24, 2.45) is 16.4 Å². The molecule has 0 aromatic carbocycles. The van der Waals surface area contributed by atoms with Gasteiger partial charge in [-0.05, 0) is 36.3 Å². The smallest absolute Gasteiger partial charge is 0.0329 e. The third-order valence-electron chi connectivity index (χ3n) is 3.18. The van der Waals surface area contributed by atoms with E-state index in [1.807, 2.05) is 0 Å². The Bertz CT molecular complexity index is 200. The normalized spacial score (nSPS) is 28.5. The fourth-order valence-electron chi connectivity index (χ4n) is 1.97. The largest absolute Gasteiger partial charge is 0.316 e. The van der Waals surface area contributed by atoms with Crippen LogP contribution < -0.4 is 5.32 Å². The second-order valence-corrected chi connectivity index (χ2v) is 4.19. The highest BCUT2D eigenvalue weighted by Gasteiger charge is 2.34. The summed E-state index contributed by atoms with van der Waals surface area (Å²) in [7, 11) is 0. The molecule has 0 spiro atoms. The minimum Gasteiger partial charge on any atom is -0.316 e. The second kappa shape index (κ2) is 4.49. The minimum atomic E-state index is 0.199. The van der Waals surface area contributed by atoms with Crippen LogP contribution in [-0.2, 0) is 0 Å². The van der Waals surface area contributed by atoms with Crippen molar-refractivity contribution in [3.63, 3.8) is 0 Å². The summed E-state index contributed by atoms with van der Waals surface area (Å²) < 4.78 is 0. The summed E-state index contributed by atoms with van der Waals surface area (Å²) in [6, 6.07) is 0. The highest BCUT2D eigenvalue weighted by atomic mass is 15.1. The third kappa shape index (κ3) is 2.36. The van der Waals surface area contributed by atoms with E-state index in [2.05, 4.69) is 29.2 Å². The first kappa shape index (κ1) is 10.4. The molecule has 74 valence electrons. The Labute approximate surface area is 79.3 Å². The Morgan fingerprint density at radius 3 is 2.85 bits per heavy atom. The summed E-state index contributed by atoms with van der Waals surface area (Å²) in [5.74, 6) is 0.575. The van der Waals surface area contributed by atoms with Gasteiger partial charge in [-0.3, -0.25) is 0 Å². The summed E-state index contributed by atoms with van der Waals surface area (Å²) in [6.07, 6.45) is 2.37. The van der Waals surface area contributed by atoms with Gasteiger partial charge in [-0.15, -0.1) is 0 Å². The van der Waals surface area contributed by atoms with Gasteiger partial charge in [0.05, 0.1) is 0 Å². The topological polar surface area (TPSA) is 60.8 Å². The van der Waals surface area contributed by atoms with E-state index in [9.17, 15) is 0 Å². The predicted octanol–water partition coefficient (Wildman–Crippen LogP) is 2.32. The molecular weight excluding hydrogens is 164 g/mol. The molecule has 1 aliphatic rings. The molecular formula is C9H18N4. The van der Waals surface area contributed by atoms with Crippen LogP contribution in [0, 0.1) is 11.3 Å². The maximum absolute atomic E-state index is 8.33. The molecule has 0 aromatic rings. The molecule has 1 saturated heterocycles. The molecule has 0 bridgehead atoms. The zero-order chi connectivity index (χ0) is 9.73. The molecule has 13 heavy (non-hydrogen) atoms. The van der Waals surface area contributed by atoms with E-state index in [0.717, 1.165) is 13.1 Å². The lowest BCUT2D eigenvalue weighted by molar-refractivity contribution is 0.145. The molecule has 1 unspecified atom stereocenters. The van der Waals surface area contributed by atoms with Crippen LogP contribution in [0.5, 0.6) is 0 Å². The van der Waals surface area contributed by atoms with Crippen molar-refractivity contribution >= 4 is 0 Å². The van der Waals surface area contributed by atoms with E-state index in [1.165, 1.54) is 12.8 Å². The Hall–Kier alpha value is -0.730. The van der Waals surface area contributed by atoms with Gasteiger partial charge in [0.2, 0.25) is 0 Å². The van der Waals surface area contributed by atoms with Crippen molar-refractivity contribution in [3.05, 3.63) is 10.4 Å². The summed E-state index contributed by atoms with van der Waals surface area (Å²) in [4.78, 5) is 2.85. The van der Waals surface area contributed by atoms with Crippen LogP contribution in [0.25, 0.3) is 10.4 Å². The molecule has 1 N–H and O–H groups in total. The van der Waals surface area contributed by atoms with Gasteiger partial charge in [-0.25, -0.2) is 0 Å². The maximum atomic E-state index is 8.33. The van der Waals surface area contributed by atoms with Gasteiger partial charge in [0.1, 0.15) is 0 Å². The Balaban J connectivity index is 2.66. The molecule has 0 amide bonds. The van der Waals surface area contributed by atoms with Crippen molar-refractivity contribution in [2.75, 3.05) is 19.6 Å². The highest BCUT2D eigenvalue weighted by molar-refractivity contribution is 4.89. The van der Waals surface area contributed by atoms with Gasteiger partial charge >= 0.3 is 0 Å². The lowest BCUT2D eigenvalue weighted by Crippen LogP contribution is -2.45. The van der Waals surface area contributed by atoms with E-state index < -0.39 is 0 Å². The fourth-order valence-corrected chi connectivity index (χ4v) is 1.97. The highest BCUT2D eigenvalue weighted by Crippen LogP contribution is 2.34. The van der Waals surface area contributed by atoms with E-state index in [0.29, 0.717) is 12.5 Å². The summed E-state index contributed by atoms with van der Waals surface area (Å²) in [5.41, 5.74) is 8.53. The number of nitrogens with one attached hydrogen (secondary N) is 1. The zero-order valence-corrected chi connectivity index (χ0v) is 8.45. The van der Waals surface area contributed by atoms with Crippen LogP contribution in [0.1, 0.15) is 26.7 Å². The third-order valence-corrected chi connectivity index (χ3v) is 3.18. The van der Waals surface area contributed by atoms with Crippen LogP contribution in [0.3, 0.4) is 0 Å². The molecule has 1 heterocycles. The van der Waals surface area contributed by atoms with Gasteiger partial charge < -0.3 is 5.32 Å². The molecule has 0 radical (unpaired) electrons. The SMILES string of the molecule is CC(C)C1(CN=[N+]=[N-])CCCNC1. The molecule has 0 aliphatic carbocycles. The lowest BCUT2D eigenvalue weighted by Gasteiger charge is -2.40. The molecule has 1 aliphatic heterocycles. The molecule has 1 rings (SSSR count). The first-order chi connectivity index (χ1) is 6.21. The van der Waals surface area contributed by atoms with E-state index in [4.69, 9.17) is 5.53 Å². The number of azide groups is 1. The Morgan fingerprint density at radius 1 is 1.62 bits per heavy atom. The number of hydrogen-bond donors (Lipinski definition) is 1. The summed E-state index contributed by atoms with van der Waals surface area (Å²) >= 11 is 0. The van der Waals surface area contributed by atoms with Crippen LogP contribution in [0.4, 0.5) is 0 Å². The van der Waals surface area contributed by atoms with Gasteiger partial charge in [0.25, 0.3) is 0 Å². The first-order valence-corrected chi connectivity index (χ1v) is 4.93. The quantitative estimate of drug-likeness (QED) is 0.406. The standard InChI is InChI=1S/C9H18N4/c1-8(2)9(7-12-13-10)4-3-5-11-6-9/h8,11H,3-7H2,1-2H3. The lowest BCUT2D eigenvalue weighted by atomic mass is 9.72. The van der Waals surface area contributed by atoms with Crippen molar-refractivity contribution in [2.45, 2.75) is 26.7 Å². The molecule has 1 atom stereocenters. The van der Waals surface area contributed by atoms with Gasteiger partial charge in [0.15, 0.2) is 0 Å². The number of hydrogen-bond acceptors (Lipinski definition) is 2. The van der Waals surface area contributed by atoms with E-state index in [-0.39, 0.29) is 5.41 Å². The van der Waals surface area contributed by atoms with Crippen molar-refractivity contribution in [1.82, 2.24) is 5.32 Å². The average molecular weight is 182 g/mol. The number of piperidine rings is 1. The summed E-state index contributed by atoms with van der Waals surface area (Å²) in [5, 5.41) is 7.11. The average Bonchev–Trinajstić information content (AvgIpc) is 2.16. The zero-order valence-electron chi connectivity index (χ0n) is 8.45. The van der Waals surface area contributed by atoms with E-state index in [1.54, 1.807) is 0 Å². The molecule has 0 saturated carbocycles. The second-order valence-electron chi connectivity index (χ2n) is 4.19. The van der Waals surface area contributed by atoms with Crippen molar-refractivity contribution in [1.29, 1.82) is 0 Å². The minimum absolute atomic E-state index is 0.199. The molecule has 4 heteroatoms. The van der Waals surface area contributed by atoms with Gasteiger partial charge in [0, 0.05) is 18.0 Å². The summed E-state index contributed by atoms with van der Waals surface area (Å²) in [6.45, 7) is 7.14.